The maximum Gasteiger partial charge on any atom is 0.195 e. The SMILES string of the molecule is CNCCCSc1nnc2ccccn12. The van der Waals surface area contributed by atoms with Gasteiger partial charge in [-0.2, -0.15) is 0 Å². The first kappa shape index (κ1) is 10.4. The van der Waals surface area contributed by atoms with Gasteiger partial charge in [-0.1, -0.05) is 17.8 Å². The van der Waals surface area contributed by atoms with Gasteiger partial charge in [0.15, 0.2) is 10.8 Å². The molecule has 0 saturated heterocycles. The van der Waals surface area contributed by atoms with Crippen molar-refractivity contribution in [1.29, 1.82) is 0 Å². The third kappa shape index (κ3) is 2.49. The van der Waals surface area contributed by atoms with Crippen molar-refractivity contribution in [3.05, 3.63) is 24.4 Å². The van der Waals surface area contributed by atoms with Crippen molar-refractivity contribution in [2.24, 2.45) is 0 Å². The van der Waals surface area contributed by atoms with Crippen molar-refractivity contribution in [3.8, 4) is 0 Å². The summed E-state index contributed by atoms with van der Waals surface area (Å²) in [7, 11) is 1.97. The van der Waals surface area contributed by atoms with Crippen LogP contribution < -0.4 is 5.32 Å². The molecular weight excluding hydrogens is 208 g/mol. The Kier molecular flexibility index (Phi) is 3.58. The quantitative estimate of drug-likeness (QED) is 0.614. The third-order valence-corrected chi connectivity index (χ3v) is 3.11. The fraction of sp³-hybridized carbons (Fsp3) is 0.400. The van der Waals surface area contributed by atoms with Crippen molar-refractivity contribution >= 4 is 17.4 Å². The van der Waals surface area contributed by atoms with Crippen molar-refractivity contribution in [1.82, 2.24) is 19.9 Å². The summed E-state index contributed by atoms with van der Waals surface area (Å²) in [5.74, 6) is 1.07. The molecule has 0 unspecified atom stereocenters. The average molecular weight is 222 g/mol. The summed E-state index contributed by atoms with van der Waals surface area (Å²) < 4.78 is 2.02. The minimum absolute atomic E-state index is 0.911. The summed E-state index contributed by atoms with van der Waals surface area (Å²) in [5.41, 5.74) is 0.911. The lowest BCUT2D eigenvalue weighted by molar-refractivity contribution is 0.776. The molecular formula is C10H14N4S. The average Bonchev–Trinajstić information content (AvgIpc) is 2.68. The van der Waals surface area contributed by atoms with Crippen molar-refractivity contribution in [2.75, 3.05) is 19.3 Å². The van der Waals surface area contributed by atoms with Gasteiger partial charge in [0, 0.05) is 11.9 Å². The molecule has 5 heteroatoms. The van der Waals surface area contributed by atoms with Gasteiger partial charge >= 0.3 is 0 Å². The van der Waals surface area contributed by atoms with E-state index < -0.39 is 0 Å². The molecule has 0 bridgehead atoms. The highest BCUT2D eigenvalue weighted by Gasteiger charge is 2.03. The van der Waals surface area contributed by atoms with Crippen LogP contribution in [0.15, 0.2) is 29.6 Å². The van der Waals surface area contributed by atoms with Gasteiger partial charge in [-0.05, 0) is 32.1 Å². The van der Waals surface area contributed by atoms with Crippen LogP contribution in [0.1, 0.15) is 6.42 Å². The Morgan fingerprint density at radius 1 is 1.40 bits per heavy atom. The molecule has 4 nitrogen and oxygen atoms in total. The molecule has 2 rings (SSSR count). The maximum absolute atomic E-state index is 4.15. The first-order valence-electron chi connectivity index (χ1n) is 4.99. The monoisotopic (exact) mass is 222 g/mol. The van der Waals surface area contributed by atoms with Crippen LogP contribution >= 0.6 is 11.8 Å². The smallest absolute Gasteiger partial charge is 0.195 e. The minimum Gasteiger partial charge on any atom is -0.320 e. The summed E-state index contributed by atoms with van der Waals surface area (Å²) in [6, 6.07) is 5.93. The van der Waals surface area contributed by atoms with Crippen LogP contribution in [-0.4, -0.2) is 33.9 Å². The summed E-state index contributed by atoms with van der Waals surface area (Å²) in [4.78, 5) is 0. The molecule has 0 saturated carbocycles. The predicted molar refractivity (Wildman–Crippen MR) is 62.3 cm³/mol. The van der Waals surface area contributed by atoms with Crippen LogP contribution in [0, 0.1) is 0 Å². The molecule has 0 aliphatic carbocycles. The number of nitrogens with zero attached hydrogens (tertiary/aromatic N) is 3. The van der Waals surface area contributed by atoms with Gasteiger partial charge in [0.25, 0.3) is 0 Å². The Balaban J connectivity index is 2.02. The van der Waals surface area contributed by atoms with E-state index in [9.17, 15) is 0 Å². The Labute approximate surface area is 93.1 Å². The Morgan fingerprint density at radius 2 is 2.33 bits per heavy atom. The minimum atomic E-state index is 0.911. The number of hydrogen-bond acceptors (Lipinski definition) is 4. The van der Waals surface area contributed by atoms with E-state index >= 15 is 0 Å². The second-order valence-electron chi connectivity index (χ2n) is 3.22. The summed E-state index contributed by atoms with van der Waals surface area (Å²) in [5, 5.41) is 12.3. The molecule has 1 N–H and O–H groups in total. The van der Waals surface area contributed by atoms with Gasteiger partial charge < -0.3 is 5.32 Å². The van der Waals surface area contributed by atoms with Gasteiger partial charge in [-0.15, -0.1) is 10.2 Å². The lowest BCUT2D eigenvalue weighted by atomic mass is 10.5. The lowest BCUT2D eigenvalue weighted by Gasteiger charge is -1.99. The van der Waals surface area contributed by atoms with E-state index in [0.29, 0.717) is 0 Å². The van der Waals surface area contributed by atoms with E-state index in [1.807, 2.05) is 35.8 Å². The van der Waals surface area contributed by atoms with E-state index in [-0.39, 0.29) is 0 Å². The second-order valence-corrected chi connectivity index (χ2v) is 4.28. The Morgan fingerprint density at radius 3 is 3.20 bits per heavy atom. The molecule has 80 valence electrons. The normalized spacial score (nSPS) is 11.0. The molecule has 0 atom stereocenters. The van der Waals surface area contributed by atoms with Crippen LogP contribution in [0.3, 0.4) is 0 Å². The van der Waals surface area contributed by atoms with Gasteiger partial charge in [0.05, 0.1) is 0 Å². The lowest BCUT2D eigenvalue weighted by Crippen LogP contribution is -2.08. The Hall–Kier alpha value is -1.07. The fourth-order valence-electron chi connectivity index (χ4n) is 1.33. The Bertz CT molecular complexity index is 426. The van der Waals surface area contributed by atoms with E-state index in [1.165, 1.54) is 0 Å². The van der Waals surface area contributed by atoms with E-state index in [0.717, 1.165) is 29.5 Å². The molecule has 2 aromatic rings. The zero-order valence-electron chi connectivity index (χ0n) is 8.68. The van der Waals surface area contributed by atoms with Crippen LogP contribution in [0.25, 0.3) is 5.65 Å². The topological polar surface area (TPSA) is 42.2 Å². The van der Waals surface area contributed by atoms with Crippen molar-refractivity contribution in [2.45, 2.75) is 11.6 Å². The van der Waals surface area contributed by atoms with Gasteiger partial charge in [-0.25, -0.2) is 0 Å². The standard InChI is InChI=1S/C10H14N4S/c1-11-6-4-8-15-10-13-12-9-5-2-3-7-14(9)10/h2-3,5,7,11H,4,6,8H2,1H3. The molecule has 2 heterocycles. The van der Waals surface area contributed by atoms with E-state index in [1.54, 1.807) is 11.8 Å². The maximum atomic E-state index is 4.15. The molecule has 2 aromatic heterocycles. The molecule has 0 aromatic carbocycles. The molecule has 0 fully saturated rings. The van der Waals surface area contributed by atoms with Gasteiger partial charge in [0.2, 0.25) is 0 Å². The molecule has 0 radical (unpaired) electrons. The zero-order valence-corrected chi connectivity index (χ0v) is 9.50. The largest absolute Gasteiger partial charge is 0.320 e. The van der Waals surface area contributed by atoms with E-state index in [4.69, 9.17) is 0 Å². The van der Waals surface area contributed by atoms with E-state index in [2.05, 4.69) is 15.5 Å². The summed E-state index contributed by atoms with van der Waals surface area (Å²) in [6.45, 7) is 1.05. The predicted octanol–water partition coefficient (Wildman–Crippen LogP) is 1.43. The first-order chi connectivity index (χ1) is 7.42. The number of fused-ring (bicyclic) bond motifs is 1. The summed E-state index contributed by atoms with van der Waals surface area (Å²) >= 11 is 1.75. The van der Waals surface area contributed by atoms with Crippen molar-refractivity contribution in [3.63, 3.8) is 0 Å². The highest BCUT2D eigenvalue weighted by Crippen LogP contribution is 2.16. The molecule has 0 spiro atoms. The number of thioether (sulfide) groups is 1. The molecule has 15 heavy (non-hydrogen) atoms. The number of rotatable bonds is 5. The highest BCUT2D eigenvalue weighted by molar-refractivity contribution is 7.99. The van der Waals surface area contributed by atoms with Crippen molar-refractivity contribution < 1.29 is 0 Å². The summed E-state index contributed by atoms with van der Waals surface area (Å²) in [6.07, 6.45) is 3.14. The molecule has 0 amide bonds. The molecule has 0 aliphatic rings. The zero-order chi connectivity index (χ0) is 10.5. The van der Waals surface area contributed by atoms with Crippen LogP contribution in [-0.2, 0) is 0 Å². The highest BCUT2D eigenvalue weighted by atomic mass is 32.2. The first-order valence-corrected chi connectivity index (χ1v) is 5.97. The third-order valence-electron chi connectivity index (χ3n) is 2.08. The molecule has 0 aliphatic heterocycles. The fourth-order valence-corrected chi connectivity index (χ4v) is 2.19. The van der Waals surface area contributed by atoms with Crippen LogP contribution in [0.2, 0.25) is 0 Å². The number of aromatic nitrogens is 3. The van der Waals surface area contributed by atoms with Gasteiger partial charge in [-0.3, -0.25) is 4.40 Å². The number of pyridine rings is 1. The number of nitrogens with one attached hydrogen (secondary N) is 1. The van der Waals surface area contributed by atoms with Crippen LogP contribution in [0.4, 0.5) is 0 Å². The van der Waals surface area contributed by atoms with Crippen LogP contribution in [0.5, 0.6) is 0 Å². The second kappa shape index (κ2) is 5.14. The number of hydrogen-bond donors (Lipinski definition) is 1. The van der Waals surface area contributed by atoms with Gasteiger partial charge in [0.1, 0.15) is 0 Å².